The van der Waals surface area contributed by atoms with Crippen molar-refractivity contribution in [3.8, 4) is 11.3 Å². The first-order valence-electron chi connectivity index (χ1n) is 10.8. The Hall–Kier alpha value is -2.95. The standard InChI is InChI=1S/C23H22F5N3O2S/c1-3-5-6-18-21-19(4-2)31(20-12-17(25)16(24)11-15(20)22(21)30-29-18)34(32,33)14-9-7-13(8-10-14)23(26,27)28/h7-12,19H,3-6H2,1-2H3,(H,29,30). The maximum atomic E-state index is 14.3. The van der Waals surface area contributed by atoms with E-state index in [0.29, 0.717) is 35.5 Å². The number of rotatable bonds is 6. The molecule has 4 rings (SSSR count). The number of hydrogen-bond acceptors (Lipinski definition) is 3. The molecule has 0 bridgehead atoms. The van der Waals surface area contributed by atoms with Crippen LogP contribution in [0, 0.1) is 11.6 Å². The number of sulfonamides is 1. The number of nitrogens with zero attached hydrogens (tertiary/aromatic N) is 2. The van der Waals surface area contributed by atoms with Gasteiger partial charge in [-0.2, -0.15) is 18.3 Å². The van der Waals surface area contributed by atoms with Gasteiger partial charge in [-0.25, -0.2) is 17.2 Å². The second-order valence-electron chi connectivity index (χ2n) is 8.10. The number of anilines is 1. The van der Waals surface area contributed by atoms with Gasteiger partial charge in [-0.05, 0) is 49.6 Å². The number of nitrogens with one attached hydrogen (secondary N) is 1. The Kier molecular flexibility index (Phi) is 6.17. The Labute approximate surface area is 193 Å². The lowest BCUT2D eigenvalue weighted by Gasteiger charge is -2.37. The van der Waals surface area contributed by atoms with E-state index in [-0.39, 0.29) is 17.7 Å². The molecule has 182 valence electrons. The first kappa shape index (κ1) is 24.2. The Morgan fingerprint density at radius 3 is 2.29 bits per heavy atom. The zero-order valence-corrected chi connectivity index (χ0v) is 19.2. The molecule has 0 fully saturated rings. The zero-order valence-electron chi connectivity index (χ0n) is 18.4. The zero-order chi connectivity index (χ0) is 24.8. The smallest absolute Gasteiger partial charge is 0.282 e. The van der Waals surface area contributed by atoms with Crippen LogP contribution in [0.15, 0.2) is 41.3 Å². The van der Waals surface area contributed by atoms with Gasteiger partial charge in [-0.3, -0.25) is 9.40 Å². The van der Waals surface area contributed by atoms with E-state index in [9.17, 15) is 30.4 Å². The number of aryl methyl sites for hydroxylation is 1. The molecule has 0 saturated carbocycles. The van der Waals surface area contributed by atoms with Crippen LogP contribution in [0.4, 0.5) is 27.6 Å². The summed E-state index contributed by atoms with van der Waals surface area (Å²) in [6.45, 7) is 3.74. The van der Waals surface area contributed by atoms with E-state index >= 15 is 0 Å². The summed E-state index contributed by atoms with van der Waals surface area (Å²) in [4.78, 5) is -0.392. The minimum absolute atomic E-state index is 0.0908. The quantitative estimate of drug-likeness (QED) is 0.401. The van der Waals surface area contributed by atoms with Crippen LogP contribution >= 0.6 is 0 Å². The number of alkyl halides is 3. The highest BCUT2D eigenvalue weighted by Gasteiger charge is 2.42. The van der Waals surface area contributed by atoms with Crippen molar-refractivity contribution in [3.05, 3.63) is 64.9 Å². The molecule has 34 heavy (non-hydrogen) atoms. The molecular weight excluding hydrogens is 477 g/mol. The van der Waals surface area contributed by atoms with Crippen LogP contribution in [0.25, 0.3) is 11.3 Å². The lowest BCUT2D eigenvalue weighted by Crippen LogP contribution is -2.38. The second-order valence-corrected chi connectivity index (χ2v) is 9.91. The van der Waals surface area contributed by atoms with Gasteiger partial charge in [0.25, 0.3) is 10.0 Å². The van der Waals surface area contributed by atoms with E-state index in [0.717, 1.165) is 41.4 Å². The van der Waals surface area contributed by atoms with Gasteiger partial charge >= 0.3 is 6.18 Å². The molecule has 1 N–H and O–H groups in total. The number of H-pyrrole nitrogens is 1. The second kappa shape index (κ2) is 8.68. The van der Waals surface area contributed by atoms with E-state index in [4.69, 9.17) is 0 Å². The first-order valence-corrected chi connectivity index (χ1v) is 12.2. The molecular formula is C23H22F5N3O2S. The molecule has 11 heteroatoms. The molecule has 1 aromatic heterocycles. The van der Waals surface area contributed by atoms with Gasteiger partial charge in [0.1, 0.15) is 0 Å². The normalized spacial score (nSPS) is 15.9. The molecule has 0 aliphatic carbocycles. The van der Waals surface area contributed by atoms with E-state index in [2.05, 4.69) is 10.2 Å². The average molecular weight is 500 g/mol. The van der Waals surface area contributed by atoms with E-state index in [1.165, 1.54) is 0 Å². The molecule has 1 aliphatic heterocycles. The lowest BCUT2D eigenvalue weighted by atomic mass is 9.91. The van der Waals surface area contributed by atoms with Crippen molar-refractivity contribution in [2.75, 3.05) is 4.31 Å². The number of benzene rings is 2. The molecule has 1 aliphatic rings. The topological polar surface area (TPSA) is 66.1 Å². The molecule has 2 heterocycles. The Morgan fingerprint density at radius 1 is 1.06 bits per heavy atom. The Balaban J connectivity index is 1.93. The predicted octanol–water partition coefficient (Wildman–Crippen LogP) is 6.38. The van der Waals surface area contributed by atoms with Crippen LogP contribution in [-0.4, -0.2) is 18.6 Å². The summed E-state index contributed by atoms with van der Waals surface area (Å²) < 4.78 is 95.9. The third-order valence-electron chi connectivity index (χ3n) is 5.94. The molecule has 1 unspecified atom stereocenters. The van der Waals surface area contributed by atoms with Crippen LogP contribution in [0.1, 0.15) is 56.0 Å². The molecule has 5 nitrogen and oxygen atoms in total. The number of halogens is 5. The highest BCUT2D eigenvalue weighted by atomic mass is 32.2. The third-order valence-corrected chi connectivity index (χ3v) is 7.77. The summed E-state index contributed by atoms with van der Waals surface area (Å²) in [5.74, 6) is -2.41. The molecule has 0 radical (unpaired) electrons. The van der Waals surface area contributed by atoms with Gasteiger partial charge in [-0.1, -0.05) is 20.3 Å². The molecule has 1 atom stereocenters. The van der Waals surface area contributed by atoms with Crippen LogP contribution in [0.5, 0.6) is 0 Å². The summed E-state index contributed by atoms with van der Waals surface area (Å²) in [5.41, 5.74) is 0.562. The maximum Gasteiger partial charge on any atom is 0.416 e. The van der Waals surface area contributed by atoms with Crippen LogP contribution in [-0.2, 0) is 22.6 Å². The fraction of sp³-hybridized carbons (Fsp3) is 0.348. The number of unbranched alkanes of at least 4 members (excludes halogenated alkanes) is 1. The van der Waals surface area contributed by atoms with E-state index < -0.39 is 44.3 Å². The predicted molar refractivity (Wildman–Crippen MR) is 117 cm³/mol. The average Bonchev–Trinajstić information content (AvgIpc) is 3.21. The van der Waals surface area contributed by atoms with Crippen LogP contribution < -0.4 is 4.31 Å². The van der Waals surface area contributed by atoms with Crippen molar-refractivity contribution in [1.82, 2.24) is 10.2 Å². The van der Waals surface area contributed by atoms with Gasteiger partial charge < -0.3 is 0 Å². The molecule has 0 spiro atoms. The van der Waals surface area contributed by atoms with Gasteiger partial charge in [0.15, 0.2) is 11.6 Å². The summed E-state index contributed by atoms with van der Waals surface area (Å²) in [6, 6.07) is 3.97. The molecule has 0 amide bonds. The summed E-state index contributed by atoms with van der Waals surface area (Å²) >= 11 is 0. The fourth-order valence-corrected chi connectivity index (χ4v) is 5.99. The van der Waals surface area contributed by atoms with Crippen molar-refractivity contribution in [2.45, 2.75) is 56.6 Å². The summed E-state index contributed by atoms with van der Waals surface area (Å²) in [6.07, 6.45) is -2.13. The van der Waals surface area contributed by atoms with Crippen molar-refractivity contribution >= 4 is 15.7 Å². The van der Waals surface area contributed by atoms with Crippen LogP contribution in [0.3, 0.4) is 0 Å². The SMILES string of the molecule is CCCCc1[nH]nc2c1C(CC)N(S(=O)(=O)c1ccc(C(F)(F)F)cc1)c1cc(F)c(F)cc1-2. The van der Waals surface area contributed by atoms with Crippen LogP contribution in [0.2, 0.25) is 0 Å². The lowest BCUT2D eigenvalue weighted by molar-refractivity contribution is -0.137. The highest BCUT2D eigenvalue weighted by molar-refractivity contribution is 7.92. The number of aromatic nitrogens is 2. The van der Waals surface area contributed by atoms with E-state index in [1.807, 2.05) is 6.92 Å². The minimum Gasteiger partial charge on any atom is -0.282 e. The molecule has 3 aromatic rings. The summed E-state index contributed by atoms with van der Waals surface area (Å²) in [5, 5.41) is 7.20. The molecule has 2 aromatic carbocycles. The minimum atomic E-state index is -4.63. The molecule has 0 saturated heterocycles. The van der Waals surface area contributed by atoms with Gasteiger partial charge in [0.05, 0.1) is 27.9 Å². The van der Waals surface area contributed by atoms with Crippen molar-refractivity contribution in [2.24, 2.45) is 0 Å². The van der Waals surface area contributed by atoms with Gasteiger partial charge in [-0.15, -0.1) is 0 Å². The van der Waals surface area contributed by atoms with Gasteiger partial charge in [0, 0.05) is 22.9 Å². The monoisotopic (exact) mass is 499 g/mol. The van der Waals surface area contributed by atoms with E-state index in [1.54, 1.807) is 6.92 Å². The third kappa shape index (κ3) is 3.95. The summed E-state index contributed by atoms with van der Waals surface area (Å²) in [7, 11) is -4.45. The van der Waals surface area contributed by atoms with Crippen molar-refractivity contribution < 1.29 is 30.4 Å². The van der Waals surface area contributed by atoms with Crippen molar-refractivity contribution in [1.29, 1.82) is 0 Å². The largest absolute Gasteiger partial charge is 0.416 e. The first-order chi connectivity index (χ1) is 16.0. The number of fused-ring (bicyclic) bond motifs is 3. The highest BCUT2D eigenvalue weighted by Crippen LogP contribution is 2.49. The Morgan fingerprint density at radius 2 is 1.71 bits per heavy atom. The fourth-order valence-electron chi connectivity index (χ4n) is 4.28. The maximum absolute atomic E-state index is 14.3. The number of hydrogen-bond donors (Lipinski definition) is 1. The number of aromatic amines is 1. The van der Waals surface area contributed by atoms with Crippen molar-refractivity contribution in [3.63, 3.8) is 0 Å². The van der Waals surface area contributed by atoms with Gasteiger partial charge in [0.2, 0.25) is 0 Å². The Bertz CT molecular complexity index is 1320.